The van der Waals surface area contributed by atoms with Gasteiger partial charge in [0.05, 0.1) is 11.9 Å². The molecule has 0 unspecified atom stereocenters. The van der Waals surface area contributed by atoms with Gasteiger partial charge in [0, 0.05) is 30.5 Å². The van der Waals surface area contributed by atoms with Crippen LogP contribution in [0, 0.1) is 0 Å². The number of rotatable bonds is 5. The lowest BCUT2D eigenvalue weighted by atomic mass is 10.2. The van der Waals surface area contributed by atoms with Gasteiger partial charge in [-0.1, -0.05) is 6.07 Å². The van der Waals surface area contributed by atoms with Gasteiger partial charge in [-0.2, -0.15) is 0 Å². The summed E-state index contributed by atoms with van der Waals surface area (Å²) in [7, 11) is 2.08. The van der Waals surface area contributed by atoms with E-state index < -0.39 is 0 Å². The van der Waals surface area contributed by atoms with Crippen LogP contribution < -0.4 is 4.90 Å². The van der Waals surface area contributed by atoms with Crippen LogP contribution in [0.2, 0.25) is 0 Å². The van der Waals surface area contributed by atoms with E-state index in [0.717, 1.165) is 24.2 Å². The number of hydrogen-bond acceptors (Lipinski definition) is 3. The zero-order valence-corrected chi connectivity index (χ0v) is 11.3. The lowest BCUT2D eigenvalue weighted by Crippen LogP contribution is -2.21. The smallest absolute Gasteiger partial charge is 0.0595 e. The number of thiophene rings is 1. The number of likely N-dealkylation sites (N-methyl/N-ethyl adjacent to an activating group) is 1. The summed E-state index contributed by atoms with van der Waals surface area (Å²) in [4.78, 5) is 7.78. The highest BCUT2D eigenvalue weighted by molar-refractivity contribution is 7.09. The Bertz CT molecular complexity index is 456. The minimum atomic E-state index is 0.529. The molecule has 0 fully saturated rings. The quantitative estimate of drug-likeness (QED) is 0.770. The van der Waals surface area contributed by atoms with Gasteiger partial charge in [-0.15, -0.1) is 22.9 Å². The van der Waals surface area contributed by atoms with Crippen molar-refractivity contribution in [3.8, 4) is 0 Å². The van der Waals surface area contributed by atoms with Crippen molar-refractivity contribution in [2.24, 2.45) is 0 Å². The van der Waals surface area contributed by atoms with E-state index in [1.807, 2.05) is 12.3 Å². The molecule has 0 radical (unpaired) electrons. The first-order valence-corrected chi connectivity index (χ1v) is 6.95. The van der Waals surface area contributed by atoms with Crippen molar-refractivity contribution in [1.82, 2.24) is 4.98 Å². The topological polar surface area (TPSA) is 16.1 Å². The fourth-order valence-electron chi connectivity index (χ4n) is 1.72. The van der Waals surface area contributed by atoms with Crippen molar-refractivity contribution in [2.45, 2.75) is 12.3 Å². The predicted octanol–water partition coefficient (Wildman–Crippen LogP) is 3.56. The largest absolute Gasteiger partial charge is 0.373 e. The lowest BCUT2D eigenvalue weighted by Gasteiger charge is -2.20. The van der Waals surface area contributed by atoms with Crippen LogP contribution in [0.1, 0.15) is 10.4 Å². The number of halogens is 1. The second-order valence-electron chi connectivity index (χ2n) is 3.89. The molecule has 0 saturated heterocycles. The summed E-state index contributed by atoms with van der Waals surface area (Å²) >= 11 is 7.73. The Hall–Kier alpha value is -1.06. The van der Waals surface area contributed by atoms with Gasteiger partial charge < -0.3 is 4.90 Å². The highest BCUT2D eigenvalue weighted by atomic mass is 35.5. The van der Waals surface area contributed by atoms with E-state index in [0.29, 0.717) is 5.88 Å². The summed E-state index contributed by atoms with van der Waals surface area (Å²) in [6, 6.07) is 6.24. The molecular weight excluding hydrogens is 252 g/mol. The standard InChI is InChI=1S/C13H15ClN2S/c1-16(7-5-12-3-2-8-17-12)13-10-15-6-4-11(13)9-14/h2-4,6,8,10H,5,7,9H2,1H3. The molecule has 90 valence electrons. The van der Waals surface area contributed by atoms with Gasteiger partial charge in [0.25, 0.3) is 0 Å². The number of pyridine rings is 1. The van der Waals surface area contributed by atoms with Crippen molar-refractivity contribution in [2.75, 3.05) is 18.5 Å². The molecule has 0 aliphatic rings. The fourth-order valence-corrected chi connectivity index (χ4v) is 2.65. The summed E-state index contributed by atoms with van der Waals surface area (Å²) < 4.78 is 0. The van der Waals surface area contributed by atoms with E-state index in [4.69, 9.17) is 11.6 Å². The minimum absolute atomic E-state index is 0.529. The van der Waals surface area contributed by atoms with Crippen LogP contribution >= 0.6 is 22.9 Å². The molecule has 0 spiro atoms. The number of alkyl halides is 1. The molecule has 2 heterocycles. The Kier molecular flexibility index (Phi) is 4.40. The first-order valence-electron chi connectivity index (χ1n) is 5.53. The Morgan fingerprint density at radius 1 is 1.41 bits per heavy atom. The van der Waals surface area contributed by atoms with Gasteiger partial charge in [0.2, 0.25) is 0 Å². The maximum absolute atomic E-state index is 5.92. The van der Waals surface area contributed by atoms with Crippen LogP contribution in [0.15, 0.2) is 36.0 Å². The van der Waals surface area contributed by atoms with Crippen molar-refractivity contribution < 1.29 is 0 Å². The van der Waals surface area contributed by atoms with Crippen LogP contribution in [-0.4, -0.2) is 18.6 Å². The van der Waals surface area contributed by atoms with E-state index >= 15 is 0 Å². The van der Waals surface area contributed by atoms with E-state index in [-0.39, 0.29) is 0 Å². The van der Waals surface area contributed by atoms with E-state index in [1.54, 1.807) is 17.5 Å². The molecule has 0 atom stereocenters. The average Bonchev–Trinajstić information content (AvgIpc) is 2.89. The molecule has 0 aliphatic heterocycles. The van der Waals surface area contributed by atoms with Crippen molar-refractivity contribution >= 4 is 28.6 Å². The summed E-state index contributed by atoms with van der Waals surface area (Å²) in [6.45, 7) is 0.982. The molecule has 0 N–H and O–H groups in total. The van der Waals surface area contributed by atoms with E-state index in [2.05, 4.69) is 34.4 Å². The van der Waals surface area contributed by atoms with Gasteiger partial charge in [-0.3, -0.25) is 4.98 Å². The highest BCUT2D eigenvalue weighted by Gasteiger charge is 2.06. The maximum Gasteiger partial charge on any atom is 0.0595 e. The molecule has 0 saturated carbocycles. The van der Waals surface area contributed by atoms with Crippen molar-refractivity contribution in [3.05, 3.63) is 46.4 Å². The molecule has 2 nitrogen and oxygen atoms in total. The van der Waals surface area contributed by atoms with Gasteiger partial charge in [-0.25, -0.2) is 0 Å². The van der Waals surface area contributed by atoms with Crippen LogP contribution in [0.25, 0.3) is 0 Å². The monoisotopic (exact) mass is 266 g/mol. The predicted molar refractivity (Wildman–Crippen MR) is 75.1 cm³/mol. The number of nitrogens with zero attached hydrogens (tertiary/aromatic N) is 2. The molecule has 2 aromatic rings. The normalized spacial score (nSPS) is 10.5. The molecular formula is C13H15ClN2S. The molecule has 0 amide bonds. The zero-order valence-electron chi connectivity index (χ0n) is 9.77. The number of aromatic nitrogens is 1. The van der Waals surface area contributed by atoms with Crippen molar-refractivity contribution in [1.29, 1.82) is 0 Å². The van der Waals surface area contributed by atoms with Gasteiger partial charge >= 0.3 is 0 Å². The number of hydrogen-bond donors (Lipinski definition) is 0. The van der Waals surface area contributed by atoms with Crippen LogP contribution in [0.5, 0.6) is 0 Å². The summed E-state index contributed by atoms with van der Waals surface area (Å²) in [6.07, 6.45) is 4.73. The first kappa shape index (κ1) is 12.4. The third-order valence-corrected chi connectivity index (χ3v) is 3.94. The summed E-state index contributed by atoms with van der Waals surface area (Å²) in [5.74, 6) is 0.529. The Morgan fingerprint density at radius 3 is 3.00 bits per heavy atom. The minimum Gasteiger partial charge on any atom is -0.373 e. The number of anilines is 1. The first-order chi connectivity index (χ1) is 8.31. The van der Waals surface area contributed by atoms with E-state index in [1.165, 1.54) is 4.88 Å². The Labute approximate surface area is 111 Å². The third-order valence-electron chi connectivity index (χ3n) is 2.72. The molecule has 0 aromatic carbocycles. The molecule has 0 bridgehead atoms. The maximum atomic E-state index is 5.92. The van der Waals surface area contributed by atoms with Gasteiger partial charge in [0.1, 0.15) is 0 Å². The molecule has 0 aliphatic carbocycles. The zero-order chi connectivity index (χ0) is 12.1. The van der Waals surface area contributed by atoms with Crippen LogP contribution in [-0.2, 0) is 12.3 Å². The Morgan fingerprint density at radius 2 is 2.29 bits per heavy atom. The molecule has 4 heteroatoms. The van der Waals surface area contributed by atoms with Gasteiger partial charge in [0.15, 0.2) is 0 Å². The second-order valence-corrected chi connectivity index (χ2v) is 5.19. The Balaban J connectivity index is 2.01. The van der Waals surface area contributed by atoms with Crippen molar-refractivity contribution in [3.63, 3.8) is 0 Å². The summed E-state index contributed by atoms with van der Waals surface area (Å²) in [5.41, 5.74) is 2.26. The van der Waals surface area contributed by atoms with Crippen LogP contribution in [0.4, 0.5) is 5.69 Å². The lowest BCUT2D eigenvalue weighted by molar-refractivity contribution is 0.878. The van der Waals surface area contributed by atoms with Gasteiger partial charge in [-0.05, 0) is 29.5 Å². The fraction of sp³-hybridized carbons (Fsp3) is 0.308. The second kappa shape index (κ2) is 6.03. The summed E-state index contributed by atoms with van der Waals surface area (Å²) in [5, 5.41) is 2.11. The van der Waals surface area contributed by atoms with E-state index in [9.17, 15) is 0 Å². The third kappa shape index (κ3) is 3.20. The molecule has 17 heavy (non-hydrogen) atoms. The highest BCUT2D eigenvalue weighted by Crippen LogP contribution is 2.20. The molecule has 2 rings (SSSR count). The average molecular weight is 267 g/mol. The SMILES string of the molecule is CN(CCc1cccs1)c1cnccc1CCl. The molecule has 2 aromatic heterocycles. The van der Waals surface area contributed by atoms with Crippen LogP contribution in [0.3, 0.4) is 0 Å².